The number of carbonyl (C=O) groups excluding carboxylic acids is 1. The van der Waals surface area contributed by atoms with Crippen LogP contribution in [0.15, 0.2) is 30.5 Å². The van der Waals surface area contributed by atoms with E-state index in [0.717, 1.165) is 36.7 Å². The van der Waals surface area contributed by atoms with Gasteiger partial charge in [-0.3, -0.25) is 4.79 Å². The fraction of sp³-hybridized carbons (Fsp3) is 0.412. The Morgan fingerprint density at radius 3 is 2.90 bits per heavy atom. The number of hydrogen-bond acceptors (Lipinski definition) is 3. The van der Waals surface area contributed by atoms with Crippen LogP contribution in [0.25, 0.3) is 10.9 Å². The zero-order valence-electron chi connectivity index (χ0n) is 12.3. The minimum Gasteiger partial charge on any atom is -0.466 e. The molecule has 2 aromatic rings. The van der Waals surface area contributed by atoms with Crippen LogP contribution in [0.2, 0.25) is 0 Å². The van der Waals surface area contributed by atoms with Gasteiger partial charge < -0.3 is 9.30 Å². The molecule has 21 heavy (non-hydrogen) atoms. The molecule has 0 saturated carbocycles. The average molecular weight is 284 g/mol. The van der Waals surface area contributed by atoms with E-state index in [1.807, 2.05) is 31.2 Å². The number of hydrogen-bond donors (Lipinski definition) is 0. The summed E-state index contributed by atoms with van der Waals surface area (Å²) < 4.78 is 7.10. The Bertz CT molecular complexity index is 652. The highest BCUT2D eigenvalue weighted by Gasteiger charge is 2.03. The molecule has 0 saturated heterocycles. The van der Waals surface area contributed by atoms with Crippen LogP contribution >= 0.6 is 0 Å². The van der Waals surface area contributed by atoms with E-state index in [1.165, 1.54) is 0 Å². The highest BCUT2D eigenvalue weighted by Crippen LogP contribution is 2.18. The van der Waals surface area contributed by atoms with E-state index in [-0.39, 0.29) is 5.97 Å². The molecule has 0 N–H and O–H groups in total. The summed E-state index contributed by atoms with van der Waals surface area (Å²) in [7, 11) is 0. The highest BCUT2D eigenvalue weighted by molar-refractivity contribution is 5.81. The van der Waals surface area contributed by atoms with E-state index >= 15 is 0 Å². The average Bonchev–Trinajstić information content (AvgIpc) is 2.89. The molecule has 0 amide bonds. The molecule has 0 atom stereocenters. The Labute approximate surface area is 124 Å². The maximum absolute atomic E-state index is 11.2. The third-order valence-corrected chi connectivity index (χ3v) is 3.49. The van der Waals surface area contributed by atoms with E-state index < -0.39 is 0 Å². The summed E-state index contributed by atoms with van der Waals surface area (Å²) in [6.07, 6.45) is 5.47. The van der Waals surface area contributed by atoms with Crippen molar-refractivity contribution in [2.45, 2.75) is 39.2 Å². The number of carbonyl (C=O) groups is 1. The quantitative estimate of drug-likeness (QED) is 0.576. The number of nitrogens with zero attached hydrogens (tertiary/aromatic N) is 2. The van der Waals surface area contributed by atoms with Crippen molar-refractivity contribution in [1.29, 1.82) is 5.26 Å². The van der Waals surface area contributed by atoms with Crippen LogP contribution in [0.1, 0.15) is 38.2 Å². The van der Waals surface area contributed by atoms with Gasteiger partial charge in [-0.2, -0.15) is 5.26 Å². The Morgan fingerprint density at radius 2 is 2.14 bits per heavy atom. The number of fused-ring (bicyclic) bond motifs is 1. The van der Waals surface area contributed by atoms with Crippen molar-refractivity contribution in [3.8, 4) is 6.07 Å². The molecule has 0 fully saturated rings. The van der Waals surface area contributed by atoms with Crippen molar-refractivity contribution in [3.05, 3.63) is 36.0 Å². The van der Waals surface area contributed by atoms with Gasteiger partial charge in [0, 0.05) is 30.1 Å². The first kappa shape index (κ1) is 15.1. The van der Waals surface area contributed by atoms with Gasteiger partial charge in [0.05, 0.1) is 18.2 Å². The van der Waals surface area contributed by atoms with E-state index in [0.29, 0.717) is 18.6 Å². The van der Waals surface area contributed by atoms with Crippen molar-refractivity contribution in [2.75, 3.05) is 6.61 Å². The Balaban J connectivity index is 1.82. The SMILES string of the molecule is CCOC(=O)CCCCCn1ccc2cc(C#N)ccc21. The molecule has 0 aliphatic heterocycles. The summed E-state index contributed by atoms with van der Waals surface area (Å²) in [4.78, 5) is 11.2. The predicted molar refractivity (Wildman–Crippen MR) is 81.8 cm³/mol. The molecule has 110 valence electrons. The van der Waals surface area contributed by atoms with Gasteiger partial charge in [-0.15, -0.1) is 0 Å². The van der Waals surface area contributed by atoms with Gasteiger partial charge >= 0.3 is 5.97 Å². The summed E-state index contributed by atoms with van der Waals surface area (Å²) in [6, 6.07) is 9.94. The van der Waals surface area contributed by atoms with Gasteiger partial charge in [0.15, 0.2) is 0 Å². The minimum absolute atomic E-state index is 0.104. The zero-order chi connectivity index (χ0) is 15.1. The third kappa shape index (κ3) is 4.09. The maximum Gasteiger partial charge on any atom is 0.305 e. The van der Waals surface area contributed by atoms with E-state index in [9.17, 15) is 4.79 Å². The van der Waals surface area contributed by atoms with Crippen molar-refractivity contribution in [1.82, 2.24) is 4.57 Å². The number of rotatable bonds is 7. The van der Waals surface area contributed by atoms with E-state index in [4.69, 9.17) is 10.00 Å². The Kier molecular flexibility index (Phi) is 5.39. The highest BCUT2D eigenvalue weighted by atomic mass is 16.5. The molecular weight excluding hydrogens is 264 g/mol. The molecule has 0 aliphatic carbocycles. The second-order valence-corrected chi connectivity index (χ2v) is 5.01. The third-order valence-electron chi connectivity index (χ3n) is 3.49. The molecule has 0 unspecified atom stereocenters. The number of esters is 1. The predicted octanol–water partition coefficient (Wildman–Crippen LogP) is 3.64. The second kappa shape index (κ2) is 7.49. The van der Waals surface area contributed by atoms with Gasteiger partial charge in [-0.05, 0) is 44.0 Å². The number of unbranched alkanes of at least 4 members (excludes halogenated alkanes) is 2. The van der Waals surface area contributed by atoms with Crippen molar-refractivity contribution in [3.63, 3.8) is 0 Å². The summed E-state index contributed by atoms with van der Waals surface area (Å²) in [5.74, 6) is -0.104. The van der Waals surface area contributed by atoms with Crippen LogP contribution in [-0.2, 0) is 16.1 Å². The second-order valence-electron chi connectivity index (χ2n) is 5.01. The van der Waals surface area contributed by atoms with Crippen LogP contribution in [0.4, 0.5) is 0 Å². The maximum atomic E-state index is 11.2. The molecule has 0 spiro atoms. The van der Waals surface area contributed by atoms with Crippen LogP contribution in [-0.4, -0.2) is 17.1 Å². The van der Waals surface area contributed by atoms with Gasteiger partial charge in [0.1, 0.15) is 0 Å². The molecule has 0 radical (unpaired) electrons. The first-order valence-corrected chi connectivity index (χ1v) is 7.39. The van der Waals surface area contributed by atoms with Crippen molar-refractivity contribution >= 4 is 16.9 Å². The van der Waals surface area contributed by atoms with Crippen LogP contribution in [0, 0.1) is 11.3 Å². The van der Waals surface area contributed by atoms with Crippen LogP contribution < -0.4 is 0 Å². The lowest BCUT2D eigenvalue weighted by Crippen LogP contribution is -2.03. The van der Waals surface area contributed by atoms with Crippen LogP contribution in [0.3, 0.4) is 0 Å². The Hall–Kier alpha value is -2.28. The van der Waals surface area contributed by atoms with Gasteiger partial charge in [-0.1, -0.05) is 6.42 Å². The number of nitriles is 1. The van der Waals surface area contributed by atoms with E-state index in [1.54, 1.807) is 0 Å². The molecule has 0 aliphatic rings. The first-order valence-electron chi connectivity index (χ1n) is 7.39. The molecule has 4 nitrogen and oxygen atoms in total. The molecular formula is C17H20N2O2. The topological polar surface area (TPSA) is 55.0 Å². The summed E-state index contributed by atoms with van der Waals surface area (Å²) in [6.45, 7) is 3.21. The normalized spacial score (nSPS) is 10.5. The lowest BCUT2D eigenvalue weighted by Gasteiger charge is -2.06. The minimum atomic E-state index is -0.104. The summed E-state index contributed by atoms with van der Waals surface area (Å²) in [5, 5.41) is 9.99. The first-order chi connectivity index (χ1) is 10.2. The smallest absolute Gasteiger partial charge is 0.305 e. The van der Waals surface area contributed by atoms with Crippen molar-refractivity contribution < 1.29 is 9.53 Å². The fourth-order valence-electron chi connectivity index (χ4n) is 2.43. The van der Waals surface area contributed by atoms with Gasteiger partial charge in [0.2, 0.25) is 0 Å². The largest absolute Gasteiger partial charge is 0.466 e. The standard InChI is InChI=1S/C17H20N2O2/c1-2-21-17(20)6-4-3-5-10-19-11-9-15-12-14(13-18)7-8-16(15)19/h7-9,11-12H,2-6,10H2,1H3. The number of ether oxygens (including phenoxy) is 1. The van der Waals surface area contributed by atoms with Gasteiger partial charge in [-0.25, -0.2) is 0 Å². The summed E-state index contributed by atoms with van der Waals surface area (Å²) in [5.41, 5.74) is 1.84. The van der Waals surface area contributed by atoms with E-state index in [2.05, 4.69) is 16.8 Å². The van der Waals surface area contributed by atoms with Crippen LogP contribution in [0.5, 0.6) is 0 Å². The Morgan fingerprint density at radius 1 is 1.29 bits per heavy atom. The molecule has 4 heteroatoms. The summed E-state index contributed by atoms with van der Waals surface area (Å²) >= 11 is 0. The molecule has 1 heterocycles. The van der Waals surface area contributed by atoms with Crippen molar-refractivity contribution in [2.24, 2.45) is 0 Å². The number of aromatic nitrogens is 1. The fourth-order valence-corrected chi connectivity index (χ4v) is 2.43. The zero-order valence-corrected chi connectivity index (χ0v) is 12.3. The molecule has 1 aromatic heterocycles. The molecule has 1 aromatic carbocycles. The van der Waals surface area contributed by atoms with Gasteiger partial charge in [0.25, 0.3) is 0 Å². The number of aryl methyl sites for hydroxylation is 1. The molecule has 0 bridgehead atoms. The lowest BCUT2D eigenvalue weighted by atomic mass is 10.1. The number of benzene rings is 1. The molecule has 2 rings (SSSR count). The monoisotopic (exact) mass is 284 g/mol. The lowest BCUT2D eigenvalue weighted by molar-refractivity contribution is -0.143.